The van der Waals surface area contributed by atoms with Gasteiger partial charge in [0.2, 0.25) is 11.8 Å². The molecule has 40 heavy (non-hydrogen) atoms. The van der Waals surface area contributed by atoms with Gasteiger partial charge in [0.25, 0.3) is 10.0 Å². The van der Waals surface area contributed by atoms with E-state index < -0.39 is 28.5 Å². The van der Waals surface area contributed by atoms with Gasteiger partial charge in [-0.1, -0.05) is 61.9 Å². The first kappa shape index (κ1) is 30.7. The molecule has 9 heteroatoms. The molecule has 1 atom stereocenters. The highest BCUT2D eigenvalue weighted by molar-refractivity contribution is 7.92. The van der Waals surface area contributed by atoms with Crippen molar-refractivity contribution in [1.82, 2.24) is 10.2 Å². The molecule has 3 rings (SSSR count). The summed E-state index contributed by atoms with van der Waals surface area (Å²) in [6.45, 7) is 9.41. The minimum absolute atomic E-state index is 0.0820. The van der Waals surface area contributed by atoms with E-state index >= 15 is 0 Å². The van der Waals surface area contributed by atoms with E-state index in [2.05, 4.69) is 5.32 Å². The Morgan fingerprint density at radius 3 is 2.10 bits per heavy atom. The number of para-hydroxylation sites is 1. The highest BCUT2D eigenvalue weighted by Gasteiger charge is 2.33. The van der Waals surface area contributed by atoms with Crippen LogP contribution in [0, 0.1) is 19.8 Å². The van der Waals surface area contributed by atoms with Crippen LogP contribution in [-0.2, 0) is 26.2 Å². The highest BCUT2D eigenvalue weighted by Crippen LogP contribution is 2.27. The molecule has 0 radical (unpaired) electrons. The highest BCUT2D eigenvalue weighted by atomic mass is 32.2. The third kappa shape index (κ3) is 7.63. The van der Waals surface area contributed by atoms with Crippen molar-refractivity contribution in [3.8, 4) is 5.75 Å². The standard InChI is InChI=1S/C31H39N3O5S/c1-22(2)19-32-31(36)25(5)33(20-26-13-15-27(39-6)16-14-26)30(35)21-34(29-10-8-7-9-24(29)4)40(37,38)28-17-11-23(3)12-18-28/h7-18,22,25H,19-21H2,1-6H3,(H,32,36)/t25-/m0/s1. The normalized spacial score (nSPS) is 12.1. The topological polar surface area (TPSA) is 96.0 Å². The minimum Gasteiger partial charge on any atom is -0.497 e. The summed E-state index contributed by atoms with van der Waals surface area (Å²) in [7, 11) is -2.53. The molecule has 0 bridgehead atoms. The Bertz CT molecular complexity index is 1400. The smallest absolute Gasteiger partial charge is 0.264 e. The molecule has 0 aliphatic heterocycles. The number of carbonyl (C=O) groups is 2. The predicted molar refractivity (Wildman–Crippen MR) is 158 cm³/mol. The summed E-state index contributed by atoms with van der Waals surface area (Å²) in [5, 5.41) is 2.89. The number of nitrogens with zero attached hydrogens (tertiary/aromatic N) is 2. The summed E-state index contributed by atoms with van der Waals surface area (Å²) in [5.74, 6) is 0.0960. The van der Waals surface area contributed by atoms with Crippen molar-refractivity contribution < 1.29 is 22.7 Å². The maximum atomic E-state index is 14.0. The molecule has 0 aliphatic carbocycles. The molecular weight excluding hydrogens is 526 g/mol. The fourth-order valence-electron chi connectivity index (χ4n) is 4.16. The summed E-state index contributed by atoms with van der Waals surface area (Å²) in [5.41, 5.74) is 2.80. The number of anilines is 1. The molecule has 0 saturated carbocycles. The van der Waals surface area contributed by atoms with Gasteiger partial charge in [0.05, 0.1) is 17.7 Å². The first-order valence-electron chi connectivity index (χ1n) is 13.3. The van der Waals surface area contributed by atoms with Gasteiger partial charge < -0.3 is 15.0 Å². The van der Waals surface area contributed by atoms with Crippen molar-refractivity contribution in [3.05, 3.63) is 89.5 Å². The second-order valence-corrected chi connectivity index (χ2v) is 12.2. The Morgan fingerprint density at radius 2 is 1.52 bits per heavy atom. The van der Waals surface area contributed by atoms with Gasteiger partial charge in [-0.3, -0.25) is 13.9 Å². The zero-order valence-electron chi connectivity index (χ0n) is 24.0. The first-order chi connectivity index (χ1) is 18.9. The molecule has 0 unspecified atom stereocenters. The number of nitrogens with one attached hydrogen (secondary N) is 1. The summed E-state index contributed by atoms with van der Waals surface area (Å²) in [4.78, 5) is 28.6. The van der Waals surface area contributed by atoms with Crippen LogP contribution in [0.5, 0.6) is 5.75 Å². The fraction of sp³-hybridized carbons (Fsp3) is 0.355. The second-order valence-electron chi connectivity index (χ2n) is 10.3. The molecule has 8 nitrogen and oxygen atoms in total. The molecule has 0 fully saturated rings. The van der Waals surface area contributed by atoms with Crippen LogP contribution in [0.4, 0.5) is 5.69 Å². The number of rotatable bonds is 12. The van der Waals surface area contributed by atoms with Crippen LogP contribution in [0.1, 0.15) is 37.5 Å². The van der Waals surface area contributed by atoms with E-state index in [-0.39, 0.29) is 23.3 Å². The molecule has 1 N–H and O–H groups in total. The Kier molecular flexibility index (Phi) is 10.3. The van der Waals surface area contributed by atoms with Crippen LogP contribution in [0.25, 0.3) is 0 Å². The van der Waals surface area contributed by atoms with Crippen molar-refractivity contribution >= 4 is 27.5 Å². The van der Waals surface area contributed by atoms with Gasteiger partial charge in [0, 0.05) is 13.1 Å². The number of ether oxygens (including phenoxy) is 1. The van der Waals surface area contributed by atoms with Gasteiger partial charge >= 0.3 is 0 Å². The predicted octanol–water partition coefficient (Wildman–Crippen LogP) is 4.70. The Labute approximate surface area is 238 Å². The lowest BCUT2D eigenvalue weighted by atomic mass is 10.1. The molecule has 2 amide bonds. The summed E-state index contributed by atoms with van der Waals surface area (Å²) in [6, 6.07) is 19.9. The average molecular weight is 566 g/mol. The SMILES string of the molecule is COc1ccc(CN(C(=O)CN(c2ccccc2C)S(=O)(=O)c2ccc(C)cc2)[C@@H](C)C(=O)NCC(C)C)cc1. The lowest BCUT2D eigenvalue weighted by molar-refractivity contribution is -0.139. The molecule has 0 spiro atoms. The monoisotopic (exact) mass is 565 g/mol. The van der Waals surface area contributed by atoms with Crippen LogP contribution in [0.2, 0.25) is 0 Å². The van der Waals surface area contributed by atoms with Crippen molar-refractivity contribution in [2.75, 3.05) is 24.5 Å². The quantitative estimate of drug-likeness (QED) is 0.344. The van der Waals surface area contributed by atoms with Crippen LogP contribution < -0.4 is 14.4 Å². The first-order valence-corrected chi connectivity index (χ1v) is 14.7. The van der Waals surface area contributed by atoms with Gasteiger partial charge in [-0.25, -0.2) is 8.42 Å². The summed E-state index contributed by atoms with van der Waals surface area (Å²) >= 11 is 0. The number of amides is 2. The van der Waals surface area contributed by atoms with Crippen LogP contribution in [0.15, 0.2) is 77.7 Å². The Morgan fingerprint density at radius 1 is 0.900 bits per heavy atom. The Hall–Kier alpha value is -3.85. The third-order valence-corrected chi connectivity index (χ3v) is 8.41. The molecule has 3 aromatic rings. The molecule has 0 saturated heterocycles. The van der Waals surface area contributed by atoms with E-state index in [0.717, 1.165) is 15.4 Å². The molecule has 0 aliphatic rings. The lowest BCUT2D eigenvalue weighted by Crippen LogP contribution is -2.51. The zero-order chi connectivity index (χ0) is 29.4. The van der Waals surface area contributed by atoms with Crippen LogP contribution >= 0.6 is 0 Å². The number of sulfonamides is 1. The summed E-state index contributed by atoms with van der Waals surface area (Å²) in [6.07, 6.45) is 0. The lowest BCUT2D eigenvalue weighted by Gasteiger charge is -2.32. The van der Waals surface area contributed by atoms with E-state index in [0.29, 0.717) is 23.5 Å². The number of benzene rings is 3. The number of hydrogen-bond donors (Lipinski definition) is 1. The number of carbonyl (C=O) groups excluding carboxylic acids is 2. The molecule has 214 valence electrons. The number of aryl methyl sites for hydroxylation is 2. The second kappa shape index (κ2) is 13.5. The van der Waals surface area contributed by atoms with Gasteiger partial charge in [0.15, 0.2) is 0 Å². The van der Waals surface area contributed by atoms with Crippen LogP contribution in [0.3, 0.4) is 0 Å². The maximum absolute atomic E-state index is 14.0. The molecule has 0 aromatic heterocycles. The van der Waals surface area contributed by atoms with E-state index in [1.54, 1.807) is 63.4 Å². The largest absolute Gasteiger partial charge is 0.497 e. The van der Waals surface area contributed by atoms with Gasteiger partial charge in [0.1, 0.15) is 18.3 Å². The van der Waals surface area contributed by atoms with Crippen LogP contribution in [-0.4, -0.2) is 51.4 Å². The average Bonchev–Trinajstić information content (AvgIpc) is 2.93. The van der Waals surface area contributed by atoms with E-state index in [1.165, 1.54) is 17.0 Å². The van der Waals surface area contributed by atoms with Crippen molar-refractivity contribution in [1.29, 1.82) is 0 Å². The minimum atomic E-state index is -4.10. The number of methoxy groups -OCH3 is 1. The van der Waals surface area contributed by atoms with E-state index in [9.17, 15) is 18.0 Å². The van der Waals surface area contributed by atoms with Gasteiger partial charge in [-0.05, 0) is 68.1 Å². The van der Waals surface area contributed by atoms with E-state index in [4.69, 9.17) is 4.74 Å². The summed E-state index contributed by atoms with van der Waals surface area (Å²) < 4.78 is 34.2. The molecular formula is C31H39N3O5S. The molecule has 0 heterocycles. The maximum Gasteiger partial charge on any atom is 0.264 e. The van der Waals surface area contributed by atoms with Crippen molar-refractivity contribution in [2.24, 2.45) is 5.92 Å². The van der Waals surface area contributed by atoms with Crippen molar-refractivity contribution in [2.45, 2.75) is 52.1 Å². The molecule has 3 aromatic carbocycles. The van der Waals surface area contributed by atoms with Crippen molar-refractivity contribution in [3.63, 3.8) is 0 Å². The Balaban J connectivity index is 2.01. The van der Waals surface area contributed by atoms with E-state index in [1.807, 2.05) is 39.0 Å². The zero-order valence-corrected chi connectivity index (χ0v) is 24.9. The third-order valence-electron chi connectivity index (χ3n) is 6.64. The van der Waals surface area contributed by atoms with Gasteiger partial charge in [-0.2, -0.15) is 0 Å². The number of hydrogen-bond acceptors (Lipinski definition) is 5. The fourth-order valence-corrected chi connectivity index (χ4v) is 5.64. The van der Waals surface area contributed by atoms with Gasteiger partial charge in [-0.15, -0.1) is 0 Å².